The molecule has 8 heteroatoms. The van der Waals surface area contributed by atoms with Crippen molar-refractivity contribution in [1.29, 1.82) is 0 Å². The number of carbonyl (C=O) groups excluding carboxylic acids is 2. The predicted molar refractivity (Wildman–Crippen MR) is 80.6 cm³/mol. The smallest absolute Gasteiger partial charge is 0.324 e. The van der Waals surface area contributed by atoms with Gasteiger partial charge in [-0.05, 0) is 19.3 Å². The topological polar surface area (TPSA) is 88.3 Å². The molecule has 1 aromatic heterocycles. The van der Waals surface area contributed by atoms with Gasteiger partial charge in [-0.15, -0.1) is 10.2 Å². The SMILES string of the molecule is O=C1CNC(=O)N1CCCSc1nnc(C2CCCCC2)o1. The van der Waals surface area contributed by atoms with E-state index in [0.717, 1.165) is 24.5 Å². The molecule has 0 spiro atoms. The highest BCUT2D eigenvalue weighted by Gasteiger charge is 2.27. The van der Waals surface area contributed by atoms with E-state index in [2.05, 4.69) is 15.5 Å². The molecule has 0 radical (unpaired) electrons. The van der Waals surface area contributed by atoms with Crippen molar-refractivity contribution in [3.8, 4) is 0 Å². The molecule has 1 N–H and O–H groups in total. The zero-order chi connectivity index (χ0) is 15.4. The highest BCUT2D eigenvalue weighted by atomic mass is 32.2. The lowest BCUT2D eigenvalue weighted by Gasteiger charge is -2.17. The Morgan fingerprint density at radius 3 is 2.77 bits per heavy atom. The van der Waals surface area contributed by atoms with Gasteiger partial charge in [0.2, 0.25) is 11.8 Å². The number of aromatic nitrogens is 2. The number of urea groups is 1. The summed E-state index contributed by atoms with van der Waals surface area (Å²) in [5.41, 5.74) is 0. The summed E-state index contributed by atoms with van der Waals surface area (Å²) >= 11 is 1.48. The first-order chi connectivity index (χ1) is 10.7. The number of hydrogen-bond donors (Lipinski definition) is 1. The van der Waals surface area contributed by atoms with Gasteiger partial charge < -0.3 is 9.73 Å². The summed E-state index contributed by atoms with van der Waals surface area (Å²) in [5, 5.41) is 11.3. The van der Waals surface area contributed by atoms with Crippen LogP contribution in [0.3, 0.4) is 0 Å². The van der Waals surface area contributed by atoms with E-state index in [1.807, 2.05) is 0 Å². The molecule has 1 aromatic rings. The normalized spacial score (nSPS) is 19.7. The monoisotopic (exact) mass is 324 g/mol. The molecule has 0 bridgehead atoms. The Kier molecular flexibility index (Phi) is 4.97. The lowest BCUT2D eigenvalue weighted by Crippen LogP contribution is -2.32. The summed E-state index contributed by atoms with van der Waals surface area (Å²) in [4.78, 5) is 24.0. The van der Waals surface area contributed by atoms with Crippen LogP contribution in [-0.4, -0.2) is 45.9 Å². The van der Waals surface area contributed by atoms with Crippen LogP contribution in [0.4, 0.5) is 4.79 Å². The molecule has 0 aromatic carbocycles. The lowest BCUT2D eigenvalue weighted by atomic mass is 9.89. The van der Waals surface area contributed by atoms with Crippen LogP contribution in [-0.2, 0) is 4.79 Å². The number of nitrogens with zero attached hydrogens (tertiary/aromatic N) is 3. The van der Waals surface area contributed by atoms with E-state index in [9.17, 15) is 9.59 Å². The third-order valence-electron chi connectivity index (χ3n) is 4.07. The summed E-state index contributed by atoms with van der Waals surface area (Å²) in [7, 11) is 0. The van der Waals surface area contributed by atoms with Crippen LogP contribution in [0.1, 0.15) is 50.3 Å². The van der Waals surface area contributed by atoms with Crippen molar-refractivity contribution in [2.24, 2.45) is 0 Å². The van der Waals surface area contributed by atoms with E-state index in [4.69, 9.17) is 4.42 Å². The maximum Gasteiger partial charge on any atom is 0.324 e. The molecular weight excluding hydrogens is 304 g/mol. The zero-order valence-corrected chi connectivity index (χ0v) is 13.2. The molecule has 2 aliphatic rings. The van der Waals surface area contributed by atoms with Crippen molar-refractivity contribution in [2.45, 2.75) is 49.7 Å². The first kappa shape index (κ1) is 15.3. The van der Waals surface area contributed by atoms with E-state index in [0.29, 0.717) is 24.1 Å². The highest BCUT2D eigenvalue weighted by molar-refractivity contribution is 7.99. The molecule has 0 unspecified atom stereocenters. The third kappa shape index (κ3) is 3.60. The van der Waals surface area contributed by atoms with Gasteiger partial charge in [0.1, 0.15) is 0 Å². The maximum atomic E-state index is 11.4. The Balaban J connectivity index is 1.41. The largest absolute Gasteiger partial charge is 0.416 e. The van der Waals surface area contributed by atoms with Crippen LogP contribution in [0, 0.1) is 0 Å². The lowest BCUT2D eigenvalue weighted by molar-refractivity contribution is -0.124. The summed E-state index contributed by atoms with van der Waals surface area (Å²) < 4.78 is 5.72. The molecule has 7 nitrogen and oxygen atoms in total. The Labute approximate surface area is 133 Å². The van der Waals surface area contributed by atoms with Crippen molar-refractivity contribution in [2.75, 3.05) is 18.8 Å². The minimum absolute atomic E-state index is 0.111. The standard InChI is InChI=1S/C14H20N4O3S/c19-11-9-15-13(20)18(11)7-4-8-22-14-17-16-12(21-14)10-5-2-1-3-6-10/h10H,1-9H2,(H,15,20). The third-order valence-corrected chi connectivity index (χ3v) is 4.97. The number of hydrogen-bond acceptors (Lipinski definition) is 6. The van der Waals surface area contributed by atoms with Gasteiger partial charge in [-0.25, -0.2) is 4.79 Å². The molecule has 2 heterocycles. The van der Waals surface area contributed by atoms with Gasteiger partial charge in [0.25, 0.3) is 5.22 Å². The van der Waals surface area contributed by atoms with E-state index in [1.165, 1.54) is 35.9 Å². The molecule has 2 fully saturated rings. The summed E-state index contributed by atoms with van der Waals surface area (Å²) in [5.74, 6) is 1.76. The average Bonchev–Trinajstić information content (AvgIpc) is 3.13. The van der Waals surface area contributed by atoms with Crippen molar-refractivity contribution < 1.29 is 14.0 Å². The average molecular weight is 324 g/mol. The summed E-state index contributed by atoms with van der Waals surface area (Å²) in [6.07, 6.45) is 6.76. The molecule has 1 aliphatic carbocycles. The van der Waals surface area contributed by atoms with E-state index < -0.39 is 0 Å². The van der Waals surface area contributed by atoms with E-state index in [-0.39, 0.29) is 18.5 Å². The van der Waals surface area contributed by atoms with Crippen molar-refractivity contribution in [1.82, 2.24) is 20.4 Å². The fourth-order valence-corrected chi connectivity index (χ4v) is 3.55. The summed E-state index contributed by atoms with van der Waals surface area (Å²) in [6.45, 7) is 0.543. The van der Waals surface area contributed by atoms with Crippen LogP contribution < -0.4 is 5.32 Å². The molecule has 3 amide bonds. The first-order valence-corrected chi connectivity index (χ1v) is 8.77. The molecule has 1 aliphatic heterocycles. The maximum absolute atomic E-state index is 11.4. The predicted octanol–water partition coefficient (Wildman–Crippen LogP) is 2.15. The fraction of sp³-hybridized carbons (Fsp3) is 0.714. The number of amides is 3. The molecule has 120 valence electrons. The van der Waals surface area contributed by atoms with Gasteiger partial charge in [0, 0.05) is 18.2 Å². The van der Waals surface area contributed by atoms with Crippen molar-refractivity contribution >= 4 is 23.7 Å². The minimum atomic E-state index is -0.299. The number of carbonyl (C=O) groups is 2. The van der Waals surface area contributed by atoms with Crippen LogP contribution >= 0.6 is 11.8 Å². The van der Waals surface area contributed by atoms with Gasteiger partial charge >= 0.3 is 6.03 Å². The molecule has 0 atom stereocenters. The Morgan fingerprint density at radius 1 is 1.23 bits per heavy atom. The van der Waals surface area contributed by atoms with Crippen LogP contribution in [0.5, 0.6) is 0 Å². The molecule has 1 saturated carbocycles. The number of thioether (sulfide) groups is 1. The van der Waals surface area contributed by atoms with Gasteiger partial charge in [-0.2, -0.15) is 0 Å². The molecule has 1 saturated heterocycles. The number of imide groups is 1. The van der Waals surface area contributed by atoms with Crippen molar-refractivity contribution in [3.63, 3.8) is 0 Å². The van der Waals surface area contributed by atoms with Gasteiger partial charge in [0.15, 0.2) is 0 Å². The Morgan fingerprint density at radius 2 is 2.05 bits per heavy atom. The Bertz CT molecular complexity index is 526. The minimum Gasteiger partial charge on any atom is -0.416 e. The Hall–Kier alpha value is -1.57. The van der Waals surface area contributed by atoms with Crippen LogP contribution in [0.25, 0.3) is 0 Å². The highest BCUT2D eigenvalue weighted by Crippen LogP contribution is 2.32. The quantitative estimate of drug-likeness (QED) is 0.490. The van der Waals surface area contributed by atoms with Gasteiger partial charge in [-0.1, -0.05) is 31.0 Å². The summed E-state index contributed by atoms with van der Waals surface area (Å²) in [6, 6.07) is -0.299. The van der Waals surface area contributed by atoms with Gasteiger partial charge in [-0.3, -0.25) is 9.69 Å². The van der Waals surface area contributed by atoms with Crippen molar-refractivity contribution in [3.05, 3.63) is 5.89 Å². The van der Waals surface area contributed by atoms with Crippen LogP contribution in [0.15, 0.2) is 9.64 Å². The molecular formula is C14H20N4O3S. The van der Waals surface area contributed by atoms with Crippen LogP contribution in [0.2, 0.25) is 0 Å². The second-order valence-corrected chi connectivity index (χ2v) is 6.69. The van der Waals surface area contributed by atoms with Gasteiger partial charge in [0.05, 0.1) is 6.54 Å². The number of rotatable bonds is 6. The second kappa shape index (κ2) is 7.13. The molecule has 22 heavy (non-hydrogen) atoms. The fourth-order valence-electron chi connectivity index (χ4n) is 2.86. The van der Waals surface area contributed by atoms with E-state index >= 15 is 0 Å². The zero-order valence-electron chi connectivity index (χ0n) is 12.4. The van der Waals surface area contributed by atoms with E-state index in [1.54, 1.807) is 0 Å². The number of nitrogens with one attached hydrogen (secondary N) is 1. The molecule has 3 rings (SSSR count). The first-order valence-electron chi connectivity index (χ1n) is 7.78. The second-order valence-electron chi connectivity index (χ2n) is 5.65.